The van der Waals surface area contributed by atoms with Crippen molar-refractivity contribution in [1.82, 2.24) is 20.3 Å². The number of rotatable bonds is 5. The van der Waals surface area contributed by atoms with Gasteiger partial charge < -0.3 is 26.4 Å². The fourth-order valence-corrected chi connectivity index (χ4v) is 4.10. The number of nitrogens with zero attached hydrogens (tertiary/aromatic N) is 3. The van der Waals surface area contributed by atoms with Gasteiger partial charge in [0, 0.05) is 53.8 Å². The molecule has 0 saturated carbocycles. The number of pyridine rings is 1. The molecule has 5 N–H and O–H groups in total. The normalized spacial score (nSPS) is 12.9. The number of likely N-dealkylation sites (N-methyl/N-ethyl adjacent to an activating group) is 1. The molecular weight excluding hydrogens is 487 g/mol. The van der Waals surface area contributed by atoms with Crippen LogP contribution in [0.2, 0.25) is 0 Å². The number of fused-ring (bicyclic) bond motifs is 2. The second kappa shape index (κ2) is 9.12. The van der Waals surface area contributed by atoms with Gasteiger partial charge >= 0.3 is 5.92 Å². The lowest BCUT2D eigenvalue weighted by molar-refractivity contribution is -0.146. The zero-order valence-electron chi connectivity index (χ0n) is 19.8. The molecule has 0 radical (unpaired) electrons. The molecule has 0 bridgehead atoms. The van der Waals surface area contributed by atoms with Crippen LogP contribution in [-0.4, -0.2) is 41.1 Å². The van der Waals surface area contributed by atoms with Crippen molar-refractivity contribution in [2.24, 2.45) is 0 Å². The third-order valence-electron chi connectivity index (χ3n) is 6.11. The van der Waals surface area contributed by atoms with Gasteiger partial charge in [-0.25, -0.2) is 19.3 Å². The maximum atomic E-state index is 15.3. The standard InChI is InChI=1S/C25H22F3N7O2/c1-12-16(10-32-22-21(12)31-7-8-37-22)15-9-18-17(20(29)19(15)26)11-33-24(35-18)34-14-5-3-13(4-6-14)25(27,28)23(36)30-2/h3-6,9-11,31H,7-8,29H2,1-2H3,(H,30,36)(H,33,34,35). The Morgan fingerprint density at radius 2 is 1.92 bits per heavy atom. The Balaban J connectivity index is 1.49. The van der Waals surface area contributed by atoms with E-state index in [1.165, 1.54) is 24.5 Å². The lowest BCUT2D eigenvalue weighted by atomic mass is 9.98. The van der Waals surface area contributed by atoms with E-state index in [9.17, 15) is 13.6 Å². The van der Waals surface area contributed by atoms with E-state index in [0.29, 0.717) is 46.9 Å². The molecule has 0 unspecified atom stereocenters. The largest absolute Gasteiger partial charge is 0.474 e. The summed E-state index contributed by atoms with van der Waals surface area (Å²) in [4.78, 5) is 24.4. The Kier molecular flexibility index (Phi) is 5.94. The van der Waals surface area contributed by atoms with Crippen molar-refractivity contribution in [3.63, 3.8) is 0 Å². The number of ether oxygens (including phenoxy) is 1. The van der Waals surface area contributed by atoms with Crippen molar-refractivity contribution >= 4 is 39.8 Å². The number of nitrogens with two attached hydrogens (primary N) is 1. The fraction of sp³-hybridized carbons (Fsp3) is 0.200. The van der Waals surface area contributed by atoms with Crippen LogP contribution in [0.5, 0.6) is 5.88 Å². The van der Waals surface area contributed by atoms with E-state index in [-0.39, 0.29) is 17.2 Å². The Bertz CT molecular complexity index is 1530. The summed E-state index contributed by atoms with van der Waals surface area (Å²) in [6.07, 6.45) is 2.91. The monoisotopic (exact) mass is 509 g/mol. The van der Waals surface area contributed by atoms with Crippen LogP contribution >= 0.6 is 0 Å². The lowest BCUT2D eigenvalue weighted by Crippen LogP contribution is -2.35. The van der Waals surface area contributed by atoms with Crippen molar-refractivity contribution in [1.29, 1.82) is 0 Å². The number of nitrogens with one attached hydrogen (secondary N) is 3. The summed E-state index contributed by atoms with van der Waals surface area (Å²) >= 11 is 0. The molecule has 12 heteroatoms. The number of benzene rings is 2. The maximum absolute atomic E-state index is 15.3. The van der Waals surface area contributed by atoms with Crippen LogP contribution in [0.4, 0.5) is 36.2 Å². The number of hydrogen-bond acceptors (Lipinski definition) is 8. The highest BCUT2D eigenvalue weighted by Gasteiger charge is 2.40. The number of carbonyl (C=O) groups excluding carboxylic acids is 1. The molecule has 5 rings (SSSR count). The first-order chi connectivity index (χ1) is 17.7. The Hall–Kier alpha value is -4.61. The van der Waals surface area contributed by atoms with Gasteiger partial charge in [-0.15, -0.1) is 0 Å². The Morgan fingerprint density at radius 1 is 1.16 bits per heavy atom. The molecule has 0 saturated heterocycles. The van der Waals surface area contributed by atoms with Crippen LogP contribution in [0.3, 0.4) is 0 Å². The highest BCUT2D eigenvalue weighted by Crippen LogP contribution is 2.39. The molecule has 2 aromatic heterocycles. The zero-order chi connectivity index (χ0) is 26.3. The Labute approximate surface area is 209 Å². The van der Waals surface area contributed by atoms with E-state index < -0.39 is 23.2 Å². The van der Waals surface area contributed by atoms with E-state index in [2.05, 4.69) is 25.6 Å². The first-order valence-electron chi connectivity index (χ1n) is 11.3. The van der Waals surface area contributed by atoms with E-state index in [0.717, 1.165) is 24.7 Å². The summed E-state index contributed by atoms with van der Waals surface area (Å²) in [5.74, 6) is -5.10. The van der Waals surface area contributed by atoms with Crippen molar-refractivity contribution in [2.75, 3.05) is 36.6 Å². The molecule has 2 aromatic carbocycles. The highest BCUT2D eigenvalue weighted by atomic mass is 19.3. The summed E-state index contributed by atoms with van der Waals surface area (Å²) < 4.78 is 49.2. The average Bonchev–Trinajstić information content (AvgIpc) is 2.91. The fourth-order valence-electron chi connectivity index (χ4n) is 4.10. The summed E-state index contributed by atoms with van der Waals surface area (Å²) in [6.45, 7) is 2.93. The number of alkyl halides is 2. The topological polar surface area (TPSA) is 127 Å². The minimum atomic E-state index is -3.67. The minimum Gasteiger partial charge on any atom is -0.474 e. The average molecular weight is 509 g/mol. The SMILES string of the molecule is CNC(=O)C(F)(F)c1ccc(Nc2ncc3c(N)c(F)c(-c4cnc5c(c4C)NCCO5)cc3n2)cc1. The number of anilines is 4. The second-order valence-electron chi connectivity index (χ2n) is 8.39. The molecule has 1 amide bonds. The molecular formula is C25H22F3N7O2. The summed E-state index contributed by atoms with van der Waals surface area (Å²) in [6, 6.07) is 6.57. The van der Waals surface area contributed by atoms with Gasteiger partial charge in [0.1, 0.15) is 12.3 Å². The van der Waals surface area contributed by atoms with Gasteiger partial charge in [0.25, 0.3) is 5.91 Å². The van der Waals surface area contributed by atoms with Crippen LogP contribution in [0.25, 0.3) is 22.0 Å². The van der Waals surface area contributed by atoms with Gasteiger partial charge in [0.2, 0.25) is 11.8 Å². The number of carbonyl (C=O) groups is 1. The molecule has 3 heterocycles. The number of aromatic nitrogens is 3. The van der Waals surface area contributed by atoms with E-state index in [4.69, 9.17) is 10.5 Å². The molecule has 1 aliphatic rings. The van der Waals surface area contributed by atoms with Gasteiger partial charge in [-0.05, 0) is 30.7 Å². The molecule has 0 fully saturated rings. The van der Waals surface area contributed by atoms with Crippen LogP contribution < -0.4 is 26.4 Å². The van der Waals surface area contributed by atoms with Crippen LogP contribution in [0.15, 0.2) is 42.7 Å². The molecule has 0 aliphatic carbocycles. The van der Waals surface area contributed by atoms with Crippen molar-refractivity contribution in [3.8, 4) is 17.0 Å². The summed E-state index contributed by atoms with van der Waals surface area (Å²) in [5.41, 5.74) is 8.51. The first-order valence-corrected chi connectivity index (χ1v) is 11.3. The Morgan fingerprint density at radius 3 is 2.65 bits per heavy atom. The molecule has 190 valence electrons. The van der Waals surface area contributed by atoms with E-state index in [1.807, 2.05) is 12.2 Å². The van der Waals surface area contributed by atoms with Gasteiger partial charge in [-0.3, -0.25) is 4.79 Å². The zero-order valence-corrected chi connectivity index (χ0v) is 19.8. The molecule has 0 atom stereocenters. The lowest BCUT2D eigenvalue weighted by Gasteiger charge is -2.22. The van der Waals surface area contributed by atoms with Crippen LogP contribution in [0, 0.1) is 12.7 Å². The van der Waals surface area contributed by atoms with E-state index >= 15 is 4.39 Å². The molecule has 4 aromatic rings. The van der Waals surface area contributed by atoms with Gasteiger partial charge in [0.05, 0.1) is 11.2 Å². The summed E-state index contributed by atoms with van der Waals surface area (Å²) in [7, 11) is 1.14. The smallest absolute Gasteiger partial charge is 0.349 e. The predicted octanol–water partition coefficient (Wildman–Crippen LogP) is 4.11. The van der Waals surface area contributed by atoms with Crippen LogP contribution in [-0.2, 0) is 10.7 Å². The molecule has 37 heavy (non-hydrogen) atoms. The number of amides is 1. The predicted molar refractivity (Wildman–Crippen MR) is 134 cm³/mol. The quantitative estimate of drug-likeness (QED) is 0.296. The number of halogens is 3. The van der Waals surface area contributed by atoms with Crippen molar-refractivity contribution in [3.05, 3.63) is 59.7 Å². The number of hydrogen-bond donors (Lipinski definition) is 4. The number of nitrogen functional groups attached to an aromatic ring is 1. The van der Waals surface area contributed by atoms with Crippen molar-refractivity contribution in [2.45, 2.75) is 12.8 Å². The van der Waals surface area contributed by atoms with Gasteiger partial charge in [-0.2, -0.15) is 8.78 Å². The van der Waals surface area contributed by atoms with Crippen molar-refractivity contribution < 1.29 is 22.7 Å². The van der Waals surface area contributed by atoms with Gasteiger partial charge in [-0.1, -0.05) is 12.1 Å². The summed E-state index contributed by atoms with van der Waals surface area (Å²) in [5, 5.41) is 8.41. The third-order valence-corrected chi connectivity index (χ3v) is 6.11. The first kappa shape index (κ1) is 24.1. The second-order valence-corrected chi connectivity index (χ2v) is 8.39. The molecule has 1 aliphatic heterocycles. The van der Waals surface area contributed by atoms with Gasteiger partial charge in [0.15, 0.2) is 5.82 Å². The molecule has 9 nitrogen and oxygen atoms in total. The minimum absolute atomic E-state index is 0.110. The third kappa shape index (κ3) is 4.20. The van der Waals surface area contributed by atoms with E-state index in [1.54, 1.807) is 6.07 Å². The maximum Gasteiger partial charge on any atom is 0.349 e. The molecule has 0 spiro atoms. The van der Waals surface area contributed by atoms with Crippen LogP contribution in [0.1, 0.15) is 11.1 Å². The highest BCUT2D eigenvalue weighted by molar-refractivity contribution is 5.96.